The zero-order chi connectivity index (χ0) is 14.2. The fraction of sp³-hybridized carbons (Fsp3) is 0.300. The van der Waals surface area contributed by atoms with E-state index in [4.69, 9.17) is 62.7 Å². The average Bonchev–Trinajstić information content (AvgIpc) is 2.53. The molecule has 2 rings (SSSR count). The summed E-state index contributed by atoms with van der Waals surface area (Å²) in [6.07, 6.45) is 0. The zero-order valence-corrected chi connectivity index (χ0v) is 12.9. The molecule has 0 radical (unpaired) electrons. The molecule has 0 fully saturated rings. The van der Waals surface area contributed by atoms with Gasteiger partial charge in [-0.05, 0) is 11.6 Å². The summed E-state index contributed by atoms with van der Waals surface area (Å²) in [7, 11) is 0. The van der Waals surface area contributed by atoms with E-state index in [1.54, 1.807) is 0 Å². The highest BCUT2D eigenvalue weighted by Gasteiger charge is 2.33. The Kier molecular flexibility index (Phi) is 4.79. The summed E-state index contributed by atoms with van der Waals surface area (Å²) in [6.45, 7) is -0.0239. The molecular formula is C10H7Cl5N2O2. The molecule has 2 atom stereocenters. The molecule has 9 heteroatoms. The molecule has 19 heavy (non-hydrogen) atoms. The second-order valence-electron chi connectivity index (χ2n) is 3.63. The van der Waals surface area contributed by atoms with E-state index in [9.17, 15) is 5.11 Å². The van der Waals surface area contributed by atoms with E-state index < -0.39 is 11.0 Å². The second-order valence-corrected chi connectivity index (χ2v) is 5.67. The molecular weight excluding hydrogens is 357 g/mol. The van der Waals surface area contributed by atoms with Crippen molar-refractivity contribution in [2.45, 2.75) is 11.0 Å². The number of phenolic OH excluding ortho intramolecular Hbond substituents is 1. The molecule has 1 aromatic rings. The number of hydrogen-bond acceptors (Lipinski definition) is 4. The van der Waals surface area contributed by atoms with E-state index in [0.29, 0.717) is 0 Å². The van der Waals surface area contributed by atoms with E-state index in [-0.39, 0.29) is 33.6 Å². The zero-order valence-electron chi connectivity index (χ0n) is 9.16. The molecule has 0 bridgehead atoms. The largest absolute Gasteiger partial charge is 0.508 e. The molecule has 0 spiro atoms. The lowest BCUT2D eigenvalue weighted by molar-refractivity contribution is 0.191. The molecule has 0 saturated heterocycles. The van der Waals surface area contributed by atoms with Gasteiger partial charge in [-0.15, -0.1) is 0 Å². The monoisotopic (exact) mass is 362 g/mol. The summed E-state index contributed by atoms with van der Waals surface area (Å²) in [5.41, 5.74) is -1.27. The lowest BCUT2D eigenvalue weighted by atomic mass is 10.3. The Labute approximate surface area is 134 Å². The minimum Gasteiger partial charge on any atom is -0.508 e. The SMILES string of the molecule is Oc1cc(Cl)c(OCN2C(Cl)=NC(Cl)C2Cl)c(Cl)c1. The van der Waals surface area contributed by atoms with Crippen LogP contribution in [0.25, 0.3) is 0 Å². The Hall–Kier alpha value is -0.260. The Bertz CT molecular complexity index is 502. The average molecular weight is 364 g/mol. The molecule has 1 aliphatic rings. The first-order valence-corrected chi connectivity index (χ1v) is 6.99. The van der Waals surface area contributed by atoms with Crippen molar-refractivity contribution in [1.82, 2.24) is 4.90 Å². The maximum atomic E-state index is 9.30. The molecule has 1 N–H and O–H groups in total. The van der Waals surface area contributed by atoms with Gasteiger partial charge < -0.3 is 9.84 Å². The highest BCUT2D eigenvalue weighted by atomic mass is 35.5. The fourth-order valence-corrected chi connectivity index (χ4v) is 2.81. The molecule has 0 aliphatic carbocycles. The predicted octanol–water partition coefficient (Wildman–Crippen LogP) is 4.08. The van der Waals surface area contributed by atoms with Crippen molar-refractivity contribution in [2.24, 2.45) is 4.99 Å². The number of rotatable bonds is 3. The lowest BCUT2D eigenvalue weighted by Gasteiger charge is -2.22. The number of hydrogen-bond donors (Lipinski definition) is 1. The number of aliphatic imine (C=N–C) groups is 1. The third-order valence-electron chi connectivity index (χ3n) is 2.32. The summed E-state index contributed by atoms with van der Waals surface area (Å²) < 4.78 is 5.44. The van der Waals surface area contributed by atoms with Gasteiger partial charge in [-0.3, -0.25) is 4.90 Å². The van der Waals surface area contributed by atoms with Crippen LogP contribution in [0.5, 0.6) is 11.5 Å². The van der Waals surface area contributed by atoms with Gasteiger partial charge in [0.25, 0.3) is 0 Å². The quantitative estimate of drug-likeness (QED) is 0.649. The number of halogens is 5. The molecule has 1 aliphatic heterocycles. The minimum atomic E-state index is -0.650. The highest BCUT2D eigenvalue weighted by Crippen LogP contribution is 2.37. The molecule has 1 heterocycles. The number of phenols is 1. The van der Waals surface area contributed by atoms with Crippen molar-refractivity contribution >= 4 is 63.3 Å². The summed E-state index contributed by atoms with van der Waals surface area (Å²) in [5.74, 6) is 0.159. The van der Waals surface area contributed by atoms with Gasteiger partial charge in [0.15, 0.2) is 23.3 Å². The van der Waals surface area contributed by atoms with E-state index >= 15 is 0 Å². The van der Waals surface area contributed by atoms with Crippen LogP contribution in [0.15, 0.2) is 17.1 Å². The van der Waals surface area contributed by atoms with Gasteiger partial charge in [0.2, 0.25) is 0 Å². The molecule has 0 aromatic heterocycles. The number of amidine groups is 1. The van der Waals surface area contributed by atoms with Crippen molar-refractivity contribution in [1.29, 1.82) is 0 Å². The molecule has 0 amide bonds. The smallest absolute Gasteiger partial charge is 0.199 e. The first kappa shape index (κ1) is 15.1. The number of alkyl halides is 2. The van der Waals surface area contributed by atoms with E-state index in [2.05, 4.69) is 4.99 Å². The Morgan fingerprint density at radius 3 is 2.26 bits per heavy atom. The van der Waals surface area contributed by atoms with Gasteiger partial charge in [0.1, 0.15) is 11.3 Å². The topological polar surface area (TPSA) is 45.1 Å². The number of ether oxygens (including phenoxy) is 1. The van der Waals surface area contributed by atoms with Crippen LogP contribution in [0.3, 0.4) is 0 Å². The van der Waals surface area contributed by atoms with E-state index in [1.165, 1.54) is 17.0 Å². The third kappa shape index (κ3) is 3.26. The summed E-state index contributed by atoms with van der Waals surface area (Å²) in [5, 5.41) is 9.79. The van der Waals surface area contributed by atoms with Crippen molar-refractivity contribution in [2.75, 3.05) is 6.73 Å². The van der Waals surface area contributed by atoms with Crippen LogP contribution in [-0.2, 0) is 0 Å². The fourth-order valence-electron chi connectivity index (χ4n) is 1.43. The van der Waals surface area contributed by atoms with Gasteiger partial charge >= 0.3 is 0 Å². The van der Waals surface area contributed by atoms with E-state index in [1.807, 2.05) is 0 Å². The van der Waals surface area contributed by atoms with Gasteiger partial charge in [-0.25, -0.2) is 4.99 Å². The first-order valence-electron chi connectivity index (χ1n) is 4.99. The number of benzene rings is 1. The predicted molar refractivity (Wildman–Crippen MR) is 78.0 cm³/mol. The second kappa shape index (κ2) is 6.02. The van der Waals surface area contributed by atoms with Crippen LogP contribution >= 0.6 is 58.0 Å². The van der Waals surface area contributed by atoms with Crippen LogP contribution in [0.2, 0.25) is 10.0 Å². The Balaban J connectivity index is 2.10. The van der Waals surface area contributed by atoms with Gasteiger partial charge in [-0.1, -0.05) is 46.4 Å². The maximum Gasteiger partial charge on any atom is 0.199 e. The summed E-state index contributed by atoms with van der Waals surface area (Å²) in [6, 6.07) is 2.62. The van der Waals surface area contributed by atoms with Crippen molar-refractivity contribution in [3.05, 3.63) is 22.2 Å². The first-order chi connectivity index (χ1) is 8.90. The van der Waals surface area contributed by atoms with E-state index in [0.717, 1.165) is 0 Å². The lowest BCUT2D eigenvalue weighted by Crippen LogP contribution is -2.35. The highest BCUT2D eigenvalue weighted by molar-refractivity contribution is 6.65. The summed E-state index contributed by atoms with van der Waals surface area (Å²) in [4.78, 5) is 5.32. The molecule has 0 saturated carbocycles. The van der Waals surface area contributed by atoms with Gasteiger partial charge in [0.05, 0.1) is 10.0 Å². The normalized spacial score (nSPS) is 22.6. The molecule has 2 unspecified atom stereocenters. The standard InChI is InChI=1S/C10H7Cl5N2O2/c11-5-1-4(18)2-6(12)7(5)19-3-17-9(14)8(13)16-10(17)15/h1-2,8-9,18H,3H2. The third-order valence-corrected chi connectivity index (χ3v) is 4.14. The van der Waals surface area contributed by atoms with Crippen LogP contribution in [-0.4, -0.2) is 33.0 Å². The van der Waals surface area contributed by atoms with Gasteiger partial charge in [-0.2, -0.15) is 0 Å². The van der Waals surface area contributed by atoms with Gasteiger partial charge in [0, 0.05) is 12.1 Å². The van der Waals surface area contributed by atoms with Crippen LogP contribution in [0, 0.1) is 0 Å². The Morgan fingerprint density at radius 1 is 1.21 bits per heavy atom. The van der Waals surface area contributed by atoms with Crippen molar-refractivity contribution in [3.63, 3.8) is 0 Å². The molecule has 104 valence electrons. The van der Waals surface area contributed by atoms with Crippen LogP contribution in [0.4, 0.5) is 0 Å². The molecule has 4 nitrogen and oxygen atoms in total. The summed E-state index contributed by atoms with van der Waals surface area (Å²) >= 11 is 29.5. The van der Waals surface area contributed by atoms with Crippen LogP contribution < -0.4 is 4.74 Å². The van der Waals surface area contributed by atoms with Crippen molar-refractivity contribution < 1.29 is 9.84 Å². The number of nitrogens with zero attached hydrogens (tertiary/aromatic N) is 2. The number of aromatic hydroxyl groups is 1. The van der Waals surface area contributed by atoms with Crippen LogP contribution in [0.1, 0.15) is 0 Å². The minimum absolute atomic E-state index is 0.0239. The Morgan fingerprint density at radius 2 is 1.79 bits per heavy atom. The molecule has 1 aromatic carbocycles. The van der Waals surface area contributed by atoms with Crippen molar-refractivity contribution in [3.8, 4) is 11.5 Å². The maximum absolute atomic E-state index is 9.30.